The molecule has 1 aliphatic heterocycles. The van der Waals surface area contributed by atoms with Crippen molar-refractivity contribution < 1.29 is 4.79 Å². The first-order valence-corrected chi connectivity index (χ1v) is 3.69. The van der Waals surface area contributed by atoms with Gasteiger partial charge in [-0.2, -0.15) is 0 Å². The van der Waals surface area contributed by atoms with Gasteiger partial charge in [0.25, 0.3) is 0 Å². The van der Waals surface area contributed by atoms with Gasteiger partial charge in [0, 0.05) is 6.08 Å². The number of thioether (sulfide) groups is 1. The van der Waals surface area contributed by atoms with Crippen molar-refractivity contribution in [3.63, 3.8) is 0 Å². The van der Waals surface area contributed by atoms with E-state index in [0.29, 0.717) is 10.1 Å². The Balaban J connectivity index is 2.68. The predicted octanol–water partition coefficient (Wildman–Crippen LogP) is 0.573. The lowest BCUT2D eigenvalue weighted by molar-refractivity contribution is -0.113. The second-order valence-corrected chi connectivity index (χ2v) is 2.52. The molecule has 0 radical (unpaired) electrons. The lowest BCUT2D eigenvalue weighted by atomic mass is 10.4. The van der Waals surface area contributed by atoms with Gasteiger partial charge in [-0.3, -0.25) is 4.79 Å². The molecule has 9 heavy (non-hydrogen) atoms. The van der Waals surface area contributed by atoms with E-state index in [0.717, 1.165) is 0 Å². The molecule has 0 aromatic carbocycles. The van der Waals surface area contributed by atoms with Crippen molar-refractivity contribution >= 4 is 17.5 Å². The molecule has 0 aliphatic carbocycles. The minimum Gasteiger partial charge on any atom is -0.758 e. The molecule has 0 saturated heterocycles. The number of rotatable bonds is 1. The molecule has 0 spiro atoms. The number of hydrogen-bond donors (Lipinski definition) is 0. The fraction of sp³-hybridized carbons (Fsp3) is 0.400. The van der Waals surface area contributed by atoms with Gasteiger partial charge in [-0.25, -0.2) is 0 Å². The van der Waals surface area contributed by atoms with Crippen molar-refractivity contribution in [2.24, 2.45) is 0 Å². The van der Waals surface area contributed by atoms with E-state index in [1.807, 2.05) is 0 Å². The molecule has 0 saturated carbocycles. The molecule has 1 rings (SSSR count). The summed E-state index contributed by atoms with van der Waals surface area (Å²) in [5.41, 5.74) is 0. The molecule has 3 nitrogen and oxygen atoms in total. The summed E-state index contributed by atoms with van der Waals surface area (Å²) in [4.78, 5) is 10.5. The molecule has 0 amide bonds. The quantitative estimate of drug-likeness (QED) is 0.539. The van der Waals surface area contributed by atoms with Crippen molar-refractivity contribution in [1.29, 1.82) is 0 Å². The van der Waals surface area contributed by atoms with E-state index in [9.17, 15) is 10.0 Å². The first-order chi connectivity index (χ1) is 4.24. The molecular weight excluding hydrogens is 138 g/mol. The molecule has 1 aliphatic rings. The average Bonchev–Trinajstić information content (AvgIpc) is 2.10. The van der Waals surface area contributed by atoms with Crippen LogP contribution in [0.25, 0.3) is 0 Å². The molecule has 0 atom stereocenters. The second-order valence-electron chi connectivity index (χ2n) is 1.69. The van der Waals surface area contributed by atoms with E-state index < -0.39 is 0 Å². The van der Waals surface area contributed by atoms with E-state index >= 15 is 0 Å². The Morgan fingerprint density at radius 3 is 2.78 bits per heavy atom. The minimum absolute atomic E-state index is 0.00380. The lowest BCUT2D eigenvalue weighted by Crippen LogP contribution is -2.12. The van der Waals surface area contributed by atoms with Gasteiger partial charge in [0.15, 0.2) is 5.78 Å². The second kappa shape index (κ2) is 2.41. The summed E-state index contributed by atoms with van der Waals surface area (Å²) in [7, 11) is 0. The first kappa shape index (κ1) is 6.64. The molecule has 0 unspecified atom stereocenters. The van der Waals surface area contributed by atoms with Crippen LogP contribution in [-0.4, -0.2) is 23.6 Å². The van der Waals surface area contributed by atoms with Gasteiger partial charge in [0.1, 0.15) is 0 Å². The monoisotopic (exact) mass is 144 g/mol. The fourth-order valence-corrected chi connectivity index (χ4v) is 1.15. The summed E-state index contributed by atoms with van der Waals surface area (Å²) in [6.07, 6.45) is 3.15. The van der Waals surface area contributed by atoms with Crippen LogP contribution in [0.2, 0.25) is 0 Å². The lowest BCUT2D eigenvalue weighted by Gasteiger charge is -2.25. The minimum atomic E-state index is -0.102. The van der Waals surface area contributed by atoms with Gasteiger partial charge in [-0.05, 0) is 6.26 Å². The van der Waals surface area contributed by atoms with Crippen LogP contribution >= 0.6 is 11.8 Å². The summed E-state index contributed by atoms with van der Waals surface area (Å²) in [5, 5.41) is 11.8. The molecule has 0 bridgehead atoms. The van der Waals surface area contributed by atoms with E-state index in [2.05, 4.69) is 0 Å². The predicted molar refractivity (Wildman–Crippen MR) is 36.7 cm³/mol. The van der Waals surface area contributed by atoms with Crippen LogP contribution in [0.4, 0.5) is 0 Å². The topological polar surface area (TPSA) is 43.4 Å². The Morgan fingerprint density at radius 2 is 2.56 bits per heavy atom. The summed E-state index contributed by atoms with van der Waals surface area (Å²) in [5.74, 6) is -0.102. The highest BCUT2D eigenvalue weighted by Crippen LogP contribution is 2.20. The largest absolute Gasteiger partial charge is 0.758 e. The zero-order valence-corrected chi connectivity index (χ0v) is 5.77. The highest BCUT2D eigenvalue weighted by molar-refractivity contribution is 8.02. The third kappa shape index (κ3) is 1.25. The number of hydrogen-bond acceptors (Lipinski definition) is 4. The number of carbonyl (C=O) groups is 1. The normalized spacial score (nSPS) is 18.7. The van der Waals surface area contributed by atoms with Crippen LogP contribution in [0.15, 0.2) is 11.1 Å². The van der Waals surface area contributed by atoms with Gasteiger partial charge < -0.3 is 10.3 Å². The zero-order valence-electron chi connectivity index (χ0n) is 4.96. The highest BCUT2D eigenvalue weighted by atomic mass is 32.2. The molecule has 4 heteroatoms. The van der Waals surface area contributed by atoms with Crippen LogP contribution in [0.3, 0.4) is 0 Å². The molecule has 0 fully saturated rings. The number of nitrogens with zero attached hydrogens (tertiary/aromatic N) is 1. The van der Waals surface area contributed by atoms with Crippen molar-refractivity contribution in [2.75, 3.05) is 12.8 Å². The maximum absolute atomic E-state index is 10.6. The first-order valence-electron chi connectivity index (χ1n) is 2.47. The molecule has 0 aromatic heterocycles. The van der Waals surface area contributed by atoms with Crippen LogP contribution in [-0.2, 0) is 4.79 Å². The summed E-state index contributed by atoms with van der Waals surface area (Å²) >= 11 is 1.30. The van der Waals surface area contributed by atoms with Crippen LogP contribution in [0, 0.1) is 5.21 Å². The Hall–Kier alpha value is -0.480. The van der Waals surface area contributed by atoms with Gasteiger partial charge in [-0.15, -0.1) is 11.8 Å². The Morgan fingerprint density at radius 1 is 1.89 bits per heavy atom. The maximum Gasteiger partial charge on any atom is 0.176 e. The highest BCUT2D eigenvalue weighted by Gasteiger charge is 2.11. The standard InChI is InChI=1S/C5H6NO2S/c1-9-5-2-4(7)3-6(5)8/h2H,3H2,1H3/q-1. The van der Waals surface area contributed by atoms with Crippen molar-refractivity contribution in [3.05, 3.63) is 16.3 Å². The van der Waals surface area contributed by atoms with Gasteiger partial charge in [-0.1, -0.05) is 0 Å². The zero-order chi connectivity index (χ0) is 6.85. The van der Waals surface area contributed by atoms with Gasteiger partial charge >= 0.3 is 0 Å². The summed E-state index contributed by atoms with van der Waals surface area (Å²) in [6, 6.07) is 0. The third-order valence-electron chi connectivity index (χ3n) is 1.04. The van der Waals surface area contributed by atoms with Gasteiger partial charge in [0.2, 0.25) is 0 Å². The fourth-order valence-electron chi connectivity index (χ4n) is 0.636. The van der Waals surface area contributed by atoms with E-state index in [1.165, 1.54) is 17.8 Å². The molecule has 50 valence electrons. The Kier molecular flexibility index (Phi) is 1.78. The summed E-state index contributed by atoms with van der Waals surface area (Å²) in [6.45, 7) is -0.00380. The number of ketones is 1. The smallest absolute Gasteiger partial charge is 0.176 e. The van der Waals surface area contributed by atoms with E-state index in [-0.39, 0.29) is 12.3 Å². The molecular formula is C5H6NO2S-. The van der Waals surface area contributed by atoms with Crippen LogP contribution in [0.1, 0.15) is 0 Å². The average molecular weight is 144 g/mol. The number of hydroxylamine groups is 2. The molecule has 1 heterocycles. The molecule has 0 aromatic rings. The maximum atomic E-state index is 10.6. The van der Waals surface area contributed by atoms with Crippen molar-refractivity contribution in [1.82, 2.24) is 5.06 Å². The van der Waals surface area contributed by atoms with Crippen molar-refractivity contribution in [3.8, 4) is 0 Å². The van der Waals surface area contributed by atoms with Gasteiger partial charge in [0.05, 0.1) is 11.6 Å². The third-order valence-corrected chi connectivity index (χ3v) is 1.78. The van der Waals surface area contributed by atoms with E-state index in [4.69, 9.17) is 0 Å². The van der Waals surface area contributed by atoms with E-state index in [1.54, 1.807) is 6.26 Å². The molecule has 0 N–H and O–H groups in total. The number of carbonyl (C=O) groups excluding carboxylic acids is 1. The summed E-state index contributed by atoms with van der Waals surface area (Å²) < 4.78 is 0. The Labute approximate surface area is 57.3 Å². The Bertz CT molecular complexity index is 166. The van der Waals surface area contributed by atoms with Crippen LogP contribution < -0.4 is 0 Å². The van der Waals surface area contributed by atoms with Crippen LogP contribution in [0.5, 0.6) is 0 Å². The van der Waals surface area contributed by atoms with Crippen molar-refractivity contribution in [2.45, 2.75) is 0 Å². The SMILES string of the molecule is CSC1=CC(=O)CN1[O-].